The van der Waals surface area contributed by atoms with E-state index >= 15 is 0 Å². The SMILES string of the molecule is CCCNc1ncnc2c1cnn2CCNC(=O)Cc1noc2ccccc12. The smallest absolute Gasteiger partial charge is 0.226 e. The predicted molar refractivity (Wildman–Crippen MR) is 105 cm³/mol. The second-order valence-electron chi connectivity index (χ2n) is 6.41. The molecule has 0 fully saturated rings. The molecule has 0 saturated heterocycles. The van der Waals surface area contributed by atoms with E-state index in [4.69, 9.17) is 4.52 Å². The Hall–Kier alpha value is -3.49. The molecule has 0 aliphatic carbocycles. The van der Waals surface area contributed by atoms with Crippen LogP contribution < -0.4 is 10.6 Å². The highest BCUT2D eigenvalue weighted by Crippen LogP contribution is 2.19. The first-order valence-corrected chi connectivity index (χ1v) is 9.26. The Balaban J connectivity index is 1.36. The first kappa shape index (κ1) is 17.9. The second kappa shape index (κ2) is 8.03. The molecule has 9 heteroatoms. The summed E-state index contributed by atoms with van der Waals surface area (Å²) < 4.78 is 7.00. The summed E-state index contributed by atoms with van der Waals surface area (Å²) in [6, 6.07) is 7.50. The van der Waals surface area contributed by atoms with Gasteiger partial charge in [0.25, 0.3) is 0 Å². The Bertz CT molecular complexity index is 1100. The van der Waals surface area contributed by atoms with E-state index in [9.17, 15) is 4.79 Å². The largest absolute Gasteiger partial charge is 0.369 e. The lowest BCUT2D eigenvalue weighted by Crippen LogP contribution is -2.29. The Morgan fingerprint density at radius 3 is 2.96 bits per heavy atom. The van der Waals surface area contributed by atoms with E-state index < -0.39 is 0 Å². The number of carbonyl (C=O) groups excluding carboxylic acids is 1. The van der Waals surface area contributed by atoms with Crippen LogP contribution in [0.25, 0.3) is 22.0 Å². The number of nitrogens with zero attached hydrogens (tertiary/aromatic N) is 5. The van der Waals surface area contributed by atoms with Gasteiger partial charge in [0.15, 0.2) is 11.2 Å². The minimum Gasteiger partial charge on any atom is -0.369 e. The van der Waals surface area contributed by atoms with Crippen molar-refractivity contribution in [2.45, 2.75) is 26.3 Å². The van der Waals surface area contributed by atoms with Crippen molar-refractivity contribution in [3.63, 3.8) is 0 Å². The molecule has 0 unspecified atom stereocenters. The lowest BCUT2D eigenvalue weighted by atomic mass is 10.1. The number of benzene rings is 1. The average molecular weight is 379 g/mol. The van der Waals surface area contributed by atoms with Crippen molar-refractivity contribution in [2.24, 2.45) is 0 Å². The van der Waals surface area contributed by atoms with Gasteiger partial charge in [0.2, 0.25) is 5.91 Å². The second-order valence-corrected chi connectivity index (χ2v) is 6.41. The molecule has 0 atom stereocenters. The molecule has 3 aromatic heterocycles. The molecule has 144 valence electrons. The minimum absolute atomic E-state index is 0.115. The number of nitrogens with one attached hydrogen (secondary N) is 2. The zero-order chi connectivity index (χ0) is 19.3. The summed E-state index contributed by atoms with van der Waals surface area (Å²) in [6.45, 7) is 3.88. The van der Waals surface area contributed by atoms with E-state index in [1.165, 1.54) is 6.33 Å². The summed E-state index contributed by atoms with van der Waals surface area (Å²) in [6.07, 6.45) is 4.44. The molecule has 3 heterocycles. The Morgan fingerprint density at radius 2 is 2.07 bits per heavy atom. The van der Waals surface area contributed by atoms with Crippen molar-refractivity contribution >= 4 is 33.7 Å². The van der Waals surface area contributed by atoms with Gasteiger partial charge < -0.3 is 15.2 Å². The van der Waals surface area contributed by atoms with E-state index in [0.717, 1.165) is 35.2 Å². The lowest BCUT2D eigenvalue weighted by Gasteiger charge is -2.07. The van der Waals surface area contributed by atoms with Crippen LogP contribution in [0.3, 0.4) is 0 Å². The highest BCUT2D eigenvalue weighted by Gasteiger charge is 2.13. The summed E-state index contributed by atoms with van der Waals surface area (Å²) in [7, 11) is 0. The van der Waals surface area contributed by atoms with E-state index in [0.29, 0.717) is 24.4 Å². The van der Waals surface area contributed by atoms with E-state index in [1.54, 1.807) is 10.9 Å². The molecule has 0 bridgehead atoms. The van der Waals surface area contributed by atoms with Crippen LogP contribution in [-0.4, -0.2) is 43.9 Å². The maximum absolute atomic E-state index is 12.3. The van der Waals surface area contributed by atoms with Crippen molar-refractivity contribution in [3.05, 3.63) is 42.5 Å². The monoisotopic (exact) mass is 379 g/mol. The molecule has 4 aromatic rings. The summed E-state index contributed by atoms with van der Waals surface area (Å²) in [5.41, 5.74) is 2.06. The van der Waals surface area contributed by atoms with Crippen LogP contribution in [0.15, 0.2) is 41.3 Å². The van der Waals surface area contributed by atoms with E-state index in [-0.39, 0.29) is 12.3 Å². The van der Waals surface area contributed by atoms with Gasteiger partial charge in [-0.25, -0.2) is 14.6 Å². The Kier molecular flexibility index (Phi) is 5.14. The summed E-state index contributed by atoms with van der Waals surface area (Å²) in [5.74, 6) is 0.662. The standard InChI is InChI=1S/C19H21N7O2/c1-2-7-21-18-14-11-24-26(19(14)23-12-22-18)9-8-20-17(27)10-15-13-5-3-4-6-16(13)28-25-15/h3-6,11-12H,2,7-10H2,1H3,(H,20,27)(H,21,22,23). The number of aromatic nitrogens is 5. The van der Waals surface area contributed by atoms with Crippen molar-refractivity contribution in [2.75, 3.05) is 18.4 Å². The van der Waals surface area contributed by atoms with Crippen LogP contribution in [-0.2, 0) is 17.8 Å². The maximum Gasteiger partial charge on any atom is 0.226 e. The van der Waals surface area contributed by atoms with Crippen molar-refractivity contribution in [3.8, 4) is 0 Å². The number of fused-ring (bicyclic) bond motifs is 2. The number of rotatable bonds is 8. The molecule has 4 rings (SSSR count). The van der Waals surface area contributed by atoms with Crippen molar-refractivity contribution in [1.82, 2.24) is 30.2 Å². The summed E-state index contributed by atoms with van der Waals surface area (Å²) >= 11 is 0. The molecule has 1 aromatic carbocycles. The fourth-order valence-corrected chi connectivity index (χ4v) is 3.02. The maximum atomic E-state index is 12.3. The fourth-order valence-electron chi connectivity index (χ4n) is 3.02. The molecule has 2 N–H and O–H groups in total. The van der Waals surface area contributed by atoms with Gasteiger partial charge in [-0.1, -0.05) is 24.2 Å². The third-order valence-electron chi connectivity index (χ3n) is 4.40. The summed E-state index contributed by atoms with van der Waals surface area (Å²) in [5, 5.41) is 16.3. The minimum atomic E-state index is -0.115. The van der Waals surface area contributed by atoms with Crippen LogP contribution in [0.1, 0.15) is 19.0 Å². The van der Waals surface area contributed by atoms with Gasteiger partial charge in [0, 0.05) is 18.5 Å². The zero-order valence-electron chi connectivity index (χ0n) is 15.6. The van der Waals surface area contributed by atoms with Crippen molar-refractivity contribution < 1.29 is 9.32 Å². The van der Waals surface area contributed by atoms with Crippen LogP contribution in [0.2, 0.25) is 0 Å². The van der Waals surface area contributed by atoms with Crippen LogP contribution >= 0.6 is 0 Å². The number of carbonyl (C=O) groups is 1. The van der Waals surface area contributed by atoms with E-state index in [1.807, 2.05) is 24.3 Å². The third-order valence-corrected chi connectivity index (χ3v) is 4.40. The molecular formula is C19H21N7O2. The average Bonchev–Trinajstić information content (AvgIpc) is 3.31. The van der Waals surface area contributed by atoms with Gasteiger partial charge in [-0.3, -0.25) is 4.79 Å². The molecule has 0 spiro atoms. The highest BCUT2D eigenvalue weighted by atomic mass is 16.5. The topological polar surface area (TPSA) is 111 Å². The predicted octanol–water partition coefficient (Wildman–Crippen LogP) is 2.15. The van der Waals surface area contributed by atoms with Gasteiger partial charge in [0.1, 0.15) is 17.8 Å². The molecule has 0 saturated carbocycles. The van der Waals surface area contributed by atoms with E-state index in [2.05, 4.69) is 37.8 Å². The number of anilines is 1. The molecule has 0 aliphatic heterocycles. The normalized spacial score (nSPS) is 11.2. The zero-order valence-corrected chi connectivity index (χ0v) is 15.6. The van der Waals surface area contributed by atoms with Gasteiger partial charge in [-0.2, -0.15) is 5.10 Å². The molecule has 1 amide bonds. The molecule has 0 radical (unpaired) electrons. The van der Waals surface area contributed by atoms with Gasteiger partial charge >= 0.3 is 0 Å². The first-order chi connectivity index (χ1) is 13.8. The number of para-hydroxylation sites is 1. The quantitative estimate of drug-likeness (QED) is 0.482. The van der Waals surface area contributed by atoms with Crippen molar-refractivity contribution in [1.29, 1.82) is 0 Å². The summed E-state index contributed by atoms with van der Waals surface area (Å²) in [4.78, 5) is 20.8. The first-order valence-electron chi connectivity index (χ1n) is 9.26. The number of amides is 1. The molecular weight excluding hydrogens is 358 g/mol. The third kappa shape index (κ3) is 3.64. The van der Waals surface area contributed by atoms with Crippen LogP contribution in [0.5, 0.6) is 0 Å². The van der Waals surface area contributed by atoms with Gasteiger partial charge in [0.05, 0.1) is 24.5 Å². The van der Waals surface area contributed by atoms with Crippen LogP contribution in [0, 0.1) is 0 Å². The van der Waals surface area contributed by atoms with Gasteiger partial charge in [-0.05, 0) is 18.6 Å². The molecule has 9 nitrogen and oxygen atoms in total. The molecule has 28 heavy (non-hydrogen) atoms. The highest BCUT2D eigenvalue weighted by molar-refractivity contribution is 5.87. The Morgan fingerprint density at radius 1 is 1.18 bits per heavy atom. The van der Waals surface area contributed by atoms with Crippen LogP contribution in [0.4, 0.5) is 5.82 Å². The number of hydrogen-bond acceptors (Lipinski definition) is 7. The fraction of sp³-hybridized carbons (Fsp3) is 0.316. The Labute approximate surface area is 161 Å². The lowest BCUT2D eigenvalue weighted by molar-refractivity contribution is -0.120. The molecule has 0 aliphatic rings. The van der Waals surface area contributed by atoms with Gasteiger partial charge in [-0.15, -0.1) is 0 Å². The number of hydrogen-bond donors (Lipinski definition) is 2.